The van der Waals surface area contributed by atoms with E-state index in [1.165, 1.54) is 16.8 Å². The molecule has 5 aromatic rings. The average molecular weight is 559 g/mol. The predicted molar refractivity (Wildman–Crippen MR) is 152 cm³/mol. The molecule has 210 valence electrons. The lowest BCUT2D eigenvalue weighted by Gasteiger charge is -2.23. The molecule has 0 saturated carbocycles. The van der Waals surface area contributed by atoms with Gasteiger partial charge in [0.05, 0.1) is 24.0 Å². The molecule has 0 aliphatic heterocycles. The number of nitrogen functional groups attached to an aromatic ring is 2. The van der Waals surface area contributed by atoms with Crippen LogP contribution in [0.2, 0.25) is 0 Å². The maximum Gasteiger partial charge on any atom is 0.412 e. The van der Waals surface area contributed by atoms with Crippen LogP contribution in [0.25, 0.3) is 17.0 Å². The summed E-state index contributed by atoms with van der Waals surface area (Å²) in [6.45, 7) is 6.20. The van der Waals surface area contributed by atoms with Gasteiger partial charge < -0.3 is 16.6 Å². The molecule has 5 N–H and O–H groups in total. The van der Waals surface area contributed by atoms with Crippen LogP contribution in [0.3, 0.4) is 0 Å². The van der Waals surface area contributed by atoms with Crippen molar-refractivity contribution in [3.63, 3.8) is 0 Å². The number of fused-ring (bicyclic) bond motifs is 1. The van der Waals surface area contributed by atoms with Gasteiger partial charge in [0.2, 0.25) is 0 Å². The highest BCUT2D eigenvalue weighted by molar-refractivity contribution is 5.94. The van der Waals surface area contributed by atoms with Crippen molar-refractivity contribution in [1.29, 1.82) is 0 Å². The molecule has 12 heteroatoms. The molecule has 3 heterocycles. The minimum absolute atomic E-state index is 0.0521. The summed E-state index contributed by atoms with van der Waals surface area (Å²) in [5.41, 5.74) is 15.4. The van der Waals surface area contributed by atoms with E-state index < -0.39 is 17.7 Å². The first-order chi connectivity index (χ1) is 19.4. The largest absolute Gasteiger partial charge is 0.465 e. The maximum absolute atomic E-state index is 14.4. The Bertz CT molecular complexity index is 1740. The highest BCUT2D eigenvalue weighted by atomic mass is 19.1. The molecule has 5 rings (SSSR count). The molecule has 2 aromatic carbocycles. The summed E-state index contributed by atoms with van der Waals surface area (Å²) in [4.78, 5) is 25.9. The molecule has 1 amide bonds. The van der Waals surface area contributed by atoms with Crippen molar-refractivity contribution in [3.05, 3.63) is 94.8 Å². The second-order valence-electron chi connectivity index (χ2n) is 10.6. The first-order valence-corrected chi connectivity index (χ1v) is 12.7. The third-order valence-corrected chi connectivity index (χ3v) is 6.65. The molecule has 41 heavy (non-hydrogen) atoms. The number of hydrogen-bond acceptors (Lipinski definition) is 7. The summed E-state index contributed by atoms with van der Waals surface area (Å²) in [6.07, 6.45) is -0.203. The van der Waals surface area contributed by atoms with Crippen LogP contribution in [0.4, 0.5) is 30.9 Å². The summed E-state index contributed by atoms with van der Waals surface area (Å²) in [5.74, 6) is -1.62. The van der Waals surface area contributed by atoms with Crippen LogP contribution in [0.5, 0.6) is 0 Å². The zero-order chi connectivity index (χ0) is 29.5. The van der Waals surface area contributed by atoms with Gasteiger partial charge in [-0.15, -0.1) is 0 Å². The van der Waals surface area contributed by atoms with E-state index >= 15 is 0 Å². The van der Waals surface area contributed by atoms with Gasteiger partial charge in [-0.05, 0) is 28.2 Å². The van der Waals surface area contributed by atoms with Crippen molar-refractivity contribution in [2.75, 3.05) is 16.4 Å². The lowest BCUT2D eigenvalue weighted by Crippen LogP contribution is -2.31. The Morgan fingerprint density at radius 1 is 1.02 bits per heavy atom. The molecule has 0 aliphatic carbocycles. The predicted octanol–water partition coefficient (Wildman–Crippen LogP) is 5.23. The van der Waals surface area contributed by atoms with Crippen molar-refractivity contribution in [2.24, 2.45) is 0 Å². The van der Waals surface area contributed by atoms with E-state index in [-0.39, 0.29) is 47.2 Å². The van der Waals surface area contributed by atoms with Gasteiger partial charge in [-0.25, -0.2) is 18.6 Å². The normalized spacial score (nSPS) is 11.6. The average Bonchev–Trinajstić information content (AvgIpc) is 3.26. The van der Waals surface area contributed by atoms with Crippen LogP contribution in [0.15, 0.2) is 60.8 Å². The second-order valence-corrected chi connectivity index (χ2v) is 10.6. The molecule has 0 bridgehead atoms. The van der Waals surface area contributed by atoms with Crippen molar-refractivity contribution < 1.29 is 18.7 Å². The number of carbonyl (C=O) groups is 1. The zero-order valence-electron chi connectivity index (χ0n) is 22.6. The molecule has 0 atom stereocenters. The van der Waals surface area contributed by atoms with E-state index in [0.29, 0.717) is 22.3 Å². The van der Waals surface area contributed by atoms with Crippen LogP contribution in [-0.4, -0.2) is 35.9 Å². The first kappa shape index (κ1) is 27.4. The summed E-state index contributed by atoms with van der Waals surface area (Å²) >= 11 is 0. The number of nitrogens with two attached hydrogens (primary N) is 2. The Balaban J connectivity index is 1.54. The minimum Gasteiger partial charge on any atom is -0.465 e. The first-order valence-electron chi connectivity index (χ1n) is 12.7. The van der Waals surface area contributed by atoms with Gasteiger partial charge in [-0.2, -0.15) is 19.7 Å². The van der Waals surface area contributed by atoms with Crippen molar-refractivity contribution in [3.8, 4) is 5.95 Å². The van der Waals surface area contributed by atoms with E-state index in [0.717, 1.165) is 16.7 Å². The quantitative estimate of drug-likeness (QED) is 0.257. The molecular formula is C29H28F2N8O2. The standard InChI is InChI=1S/C29H28F2N8O2/c1-29(2,3)18-10-8-16(9-11-18)15-38(28(40)41)24-25(32)35-27(36-26(24)33)39-22-13-19(30)14-34-23(22)21(37-39)12-17-6-4-5-7-20(17)31/h4-11,13-14H,12,15H2,1-3H3,(H,40,41)(H4,32,33,35,36). The number of halogens is 2. The molecule has 10 nitrogen and oxygen atoms in total. The monoisotopic (exact) mass is 558 g/mol. The Morgan fingerprint density at radius 2 is 1.68 bits per heavy atom. The third kappa shape index (κ3) is 5.49. The molecule has 0 aliphatic rings. The molecular weight excluding hydrogens is 530 g/mol. The highest BCUT2D eigenvalue weighted by Crippen LogP contribution is 2.32. The fraction of sp³-hybridized carbons (Fsp3) is 0.207. The zero-order valence-corrected chi connectivity index (χ0v) is 22.6. The summed E-state index contributed by atoms with van der Waals surface area (Å²) in [5, 5.41) is 14.5. The van der Waals surface area contributed by atoms with Gasteiger partial charge in [-0.1, -0.05) is 63.2 Å². The minimum atomic E-state index is -1.30. The van der Waals surface area contributed by atoms with Crippen LogP contribution in [-0.2, 0) is 18.4 Å². The number of pyridine rings is 1. The molecule has 0 unspecified atom stereocenters. The van der Waals surface area contributed by atoms with Crippen LogP contribution < -0.4 is 16.4 Å². The lowest BCUT2D eigenvalue weighted by atomic mass is 9.87. The van der Waals surface area contributed by atoms with E-state index in [2.05, 4.69) is 40.8 Å². The Kier molecular flexibility index (Phi) is 6.99. The maximum atomic E-state index is 14.4. The van der Waals surface area contributed by atoms with Crippen LogP contribution in [0.1, 0.15) is 43.2 Å². The fourth-order valence-corrected chi connectivity index (χ4v) is 4.51. The topological polar surface area (TPSA) is 149 Å². The lowest BCUT2D eigenvalue weighted by molar-refractivity contribution is 0.201. The van der Waals surface area contributed by atoms with E-state index in [1.54, 1.807) is 18.2 Å². The highest BCUT2D eigenvalue weighted by Gasteiger charge is 2.25. The van der Waals surface area contributed by atoms with E-state index in [1.807, 2.05) is 24.3 Å². The molecule has 0 fully saturated rings. The smallest absolute Gasteiger partial charge is 0.412 e. The van der Waals surface area contributed by atoms with Gasteiger partial charge >= 0.3 is 6.09 Å². The molecule has 0 spiro atoms. The van der Waals surface area contributed by atoms with Crippen LogP contribution >= 0.6 is 0 Å². The Labute approximate surface area is 234 Å². The van der Waals surface area contributed by atoms with Crippen molar-refractivity contribution in [2.45, 2.75) is 39.2 Å². The van der Waals surface area contributed by atoms with Crippen LogP contribution in [0, 0.1) is 11.6 Å². The molecule has 0 radical (unpaired) electrons. The molecule has 3 aromatic heterocycles. The van der Waals surface area contributed by atoms with Gasteiger partial charge in [0.15, 0.2) is 11.6 Å². The molecule has 0 saturated heterocycles. The van der Waals surface area contributed by atoms with E-state index in [9.17, 15) is 18.7 Å². The SMILES string of the molecule is CC(C)(C)c1ccc(CN(C(=O)O)c2c(N)nc(-n3nc(Cc4ccccc4F)c4ncc(F)cc43)nc2N)cc1. The van der Waals surface area contributed by atoms with Gasteiger partial charge in [0.1, 0.15) is 22.8 Å². The van der Waals surface area contributed by atoms with Gasteiger partial charge in [-0.3, -0.25) is 4.90 Å². The van der Waals surface area contributed by atoms with Gasteiger partial charge in [0.25, 0.3) is 5.95 Å². The number of carboxylic acid groups (broad SMARTS) is 1. The van der Waals surface area contributed by atoms with Crippen molar-refractivity contribution in [1.82, 2.24) is 24.7 Å². The Hall–Kier alpha value is -5.13. The number of amides is 1. The number of anilines is 3. The second kappa shape index (κ2) is 10.5. The summed E-state index contributed by atoms with van der Waals surface area (Å²) < 4.78 is 29.8. The number of rotatable bonds is 6. The Morgan fingerprint density at radius 3 is 2.29 bits per heavy atom. The number of nitrogens with zero attached hydrogens (tertiary/aromatic N) is 6. The van der Waals surface area contributed by atoms with Crippen molar-refractivity contribution >= 4 is 34.4 Å². The van der Waals surface area contributed by atoms with Gasteiger partial charge in [0, 0.05) is 12.5 Å². The number of aromatic nitrogens is 5. The third-order valence-electron chi connectivity index (χ3n) is 6.65. The fourth-order valence-electron chi connectivity index (χ4n) is 4.51. The van der Waals surface area contributed by atoms with E-state index in [4.69, 9.17) is 11.5 Å². The number of benzene rings is 2. The number of hydrogen-bond donors (Lipinski definition) is 3. The summed E-state index contributed by atoms with van der Waals surface area (Å²) in [6, 6.07) is 15.0. The summed E-state index contributed by atoms with van der Waals surface area (Å²) in [7, 11) is 0.